The van der Waals surface area contributed by atoms with Gasteiger partial charge in [-0.1, -0.05) is 67.1 Å². The van der Waals surface area contributed by atoms with Crippen LogP contribution >= 0.6 is 22.9 Å². The zero-order valence-corrected chi connectivity index (χ0v) is 24.4. The highest BCUT2D eigenvalue weighted by atomic mass is 35.5. The molecular weight excluding hydrogens is 564 g/mol. The number of rotatable bonds is 7. The highest BCUT2D eigenvalue weighted by Crippen LogP contribution is 2.32. The molecule has 2 aromatic heterocycles. The second kappa shape index (κ2) is 11.3. The third-order valence-electron chi connectivity index (χ3n) is 6.82. The van der Waals surface area contributed by atoms with Crippen molar-refractivity contribution in [1.82, 2.24) is 4.57 Å². The van der Waals surface area contributed by atoms with E-state index in [0.717, 1.165) is 11.1 Å². The first kappa shape index (κ1) is 28.3. The largest absolute Gasteiger partial charge is 0.478 e. The van der Waals surface area contributed by atoms with E-state index in [4.69, 9.17) is 20.8 Å². The van der Waals surface area contributed by atoms with Gasteiger partial charge in [0.05, 0.1) is 39.0 Å². The fraction of sp³-hybridized carbons (Fsp3) is 0.226. The molecule has 1 N–H and O–H groups in total. The Morgan fingerprint density at radius 1 is 1.17 bits per heavy atom. The van der Waals surface area contributed by atoms with Gasteiger partial charge in [0, 0.05) is 11.6 Å². The summed E-state index contributed by atoms with van der Waals surface area (Å²) in [4.78, 5) is 43.3. The maximum absolute atomic E-state index is 13.8. The highest BCUT2D eigenvalue weighted by Gasteiger charge is 2.33. The Balaban J connectivity index is 1.60. The van der Waals surface area contributed by atoms with Crippen LogP contribution in [0.3, 0.4) is 0 Å². The number of carboxylic acids is 1. The lowest BCUT2D eigenvalue weighted by molar-refractivity contribution is -0.139. The maximum atomic E-state index is 13.8. The number of fused-ring (bicyclic) bond motifs is 1. The van der Waals surface area contributed by atoms with E-state index in [1.807, 2.05) is 24.3 Å². The second-order valence-corrected chi connectivity index (χ2v) is 11.2. The number of allylic oxidation sites excluding steroid dienone is 1. The van der Waals surface area contributed by atoms with Gasteiger partial charge in [0.2, 0.25) is 0 Å². The standard InChI is InChI=1S/C31H27ClN2O6S/c1-5-39-30(38)26-17(4)33-31-34(27(26)19-8-6-18(7-9-19)16(2)3)28(35)25(41-31)15-21-11-13-24(40-21)20-10-12-22(29(36)37)23(32)14-20/h6-16,27H,5H2,1-4H3,(H,36,37)/b25-15-/t27-/m1/s1. The number of benzene rings is 2. The number of esters is 1. The van der Waals surface area contributed by atoms with Gasteiger partial charge in [-0.05, 0) is 55.2 Å². The Morgan fingerprint density at radius 2 is 1.90 bits per heavy atom. The lowest BCUT2D eigenvalue weighted by Gasteiger charge is -2.25. The van der Waals surface area contributed by atoms with Crippen LogP contribution in [0.25, 0.3) is 17.4 Å². The van der Waals surface area contributed by atoms with Gasteiger partial charge < -0.3 is 14.3 Å². The molecule has 2 aromatic carbocycles. The van der Waals surface area contributed by atoms with E-state index in [0.29, 0.717) is 43.6 Å². The lowest BCUT2D eigenvalue weighted by atomic mass is 9.93. The summed E-state index contributed by atoms with van der Waals surface area (Å²) < 4.78 is 13.2. The lowest BCUT2D eigenvalue weighted by Crippen LogP contribution is -2.39. The minimum absolute atomic E-state index is 0.00538. The fourth-order valence-electron chi connectivity index (χ4n) is 4.73. The summed E-state index contributed by atoms with van der Waals surface area (Å²) >= 11 is 7.33. The van der Waals surface area contributed by atoms with Gasteiger partial charge in [0.15, 0.2) is 4.80 Å². The molecule has 1 atom stereocenters. The van der Waals surface area contributed by atoms with E-state index >= 15 is 0 Å². The summed E-state index contributed by atoms with van der Waals surface area (Å²) in [6.07, 6.45) is 1.63. The topological polar surface area (TPSA) is 111 Å². The molecular formula is C31H27ClN2O6S. The molecule has 4 aromatic rings. The molecule has 0 saturated heterocycles. The third kappa shape index (κ3) is 5.42. The number of nitrogens with zero attached hydrogens (tertiary/aromatic N) is 2. The Hall–Kier alpha value is -4.21. The number of carboxylic acid groups (broad SMARTS) is 1. The zero-order chi connectivity index (χ0) is 29.4. The quantitative estimate of drug-likeness (QED) is 0.283. The molecule has 8 nitrogen and oxygen atoms in total. The molecule has 1 aliphatic heterocycles. The summed E-state index contributed by atoms with van der Waals surface area (Å²) in [5, 5.41) is 9.32. The smallest absolute Gasteiger partial charge is 0.338 e. The second-order valence-electron chi connectivity index (χ2n) is 9.83. The van der Waals surface area contributed by atoms with Gasteiger partial charge in [-0.3, -0.25) is 9.36 Å². The first-order valence-electron chi connectivity index (χ1n) is 13.0. The minimum Gasteiger partial charge on any atom is -0.478 e. The number of carbonyl (C=O) groups is 2. The van der Waals surface area contributed by atoms with E-state index in [-0.39, 0.29) is 22.8 Å². The van der Waals surface area contributed by atoms with Crippen LogP contribution in [-0.4, -0.2) is 28.2 Å². The summed E-state index contributed by atoms with van der Waals surface area (Å²) in [5.41, 5.74) is 3.03. The Morgan fingerprint density at radius 3 is 2.54 bits per heavy atom. The molecule has 0 bridgehead atoms. The van der Waals surface area contributed by atoms with Crippen LogP contribution in [0.2, 0.25) is 5.02 Å². The van der Waals surface area contributed by atoms with E-state index < -0.39 is 18.0 Å². The van der Waals surface area contributed by atoms with Gasteiger partial charge in [0.1, 0.15) is 11.5 Å². The number of carbonyl (C=O) groups excluding carboxylic acids is 1. The number of hydrogen-bond donors (Lipinski definition) is 1. The molecule has 0 fully saturated rings. The molecule has 1 aliphatic rings. The van der Waals surface area contributed by atoms with Crippen LogP contribution in [0.1, 0.15) is 66.9 Å². The number of furan rings is 1. The molecule has 41 heavy (non-hydrogen) atoms. The van der Waals surface area contributed by atoms with Crippen molar-refractivity contribution in [1.29, 1.82) is 0 Å². The summed E-state index contributed by atoms with van der Waals surface area (Å²) in [6.45, 7) is 7.89. The zero-order valence-electron chi connectivity index (χ0n) is 22.8. The van der Waals surface area contributed by atoms with Gasteiger partial charge in [0.25, 0.3) is 5.56 Å². The Bertz CT molecular complexity index is 1880. The van der Waals surface area contributed by atoms with E-state index in [1.165, 1.54) is 28.0 Å². The van der Waals surface area contributed by atoms with Crippen molar-refractivity contribution in [2.75, 3.05) is 6.61 Å². The SMILES string of the molecule is CCOC(=O)C1=C(C)N=c2s/c(=C\c3ccc(-c4ccc(C(=O)O)c(Cl)c4)o3)c(=O)n2[C@@H]1c1ccc(C(C)C)cc1. The van der Waals surface area contributed by atoms with Crippen molar-refractivity contribution >= 4 is 41.0 Å². The molecule has 0 saturated carbocycles. The van der Waals surface area contributed by atoms with Crippen LogP contribution in [0, 0.1) is 0 Å². The Labute approximate surface area is 244 Å². The number of hydrogen-bond acceptors (Lipinski definition) is 7. The fourth-order valence-corrected chi connectivity index (χ4v) is 6.01. The average Bonchev–Trinajstić information content (AvgIpc) is 3.52. The van der Waals surface area contributed by atoms with E-state index in [2.05, 4.69) is 18.8 Å². The third-order valence-corrected chi connectivity index (χ3v) is 8.12. The molecule has 5 rings (SSSR count). The first-order valence-corrected chi connectivity index (χ1v) is 14.2. The maximum Gasteiger partial charge on any atom is 0.338 e. The normalized spacial score (nSPS) is 15.2. The minimum atomic E-state index is -1.12. The Kier molecular flexibility index (Phi) is 7.84. The molecule has 0 aliphatic carbocycles. The predicted molar refractivity (Wildman–Crippen MR) is 157 cm³/mol. The molecule has 0 radical (unpaired) electrons. The van der Waals surface area contributed by atoms with Crippen molar-refractivity contribution in [2.24, 2.45) is 4.99 Å². The molecule has 3 heterocycles. The van der Waals surface area contributed by atoms with Crippen molar-refractivity contribution in [3.8, 4) is 11.3 Å². The number of ether oxygens (including phenoxy) is 1. The number of aromatic nitrogens is 1. The van der Waals surface area contributed by atoms with Crippen molar-refractivity contribution in [3.63, 3.8) is 0 Å². The van der Waals surface area contributed by atoms with Gasteiger partial charge in [-0.2, -0.15) is 0 Å². The monoisotopic (exact) mass is 590 g/mol. The van der Waals surface area contributed by atoms with E-state index in [9.17, 15) is 19.5 Å². The van der Waals surface area contributed by atoms with Crippen molar-refractivity contribution in [3.05, 3.63) is 113 Å². The molecule has 210 valence electrons. The number of thiazole rings is 1. The molecule has 0 amide bonds. The van der Waals surface area contributed by atoms with Crippen LogP contribution in [0.15, 0.2) is 80.1 Å². The van der Waals surface area contributed by atoms with Crippen LogP contribution in [-0.2, 0) is 9.53 Å². The molecule has 0 spiro atoms. The van der Waals surface area contributed by atoms with Crippen LogP contribution < -0.4 is 14.9 Å². The summed E-state index contributed by atoms with van der Waals surface area (Å²) in [6, 6.07) is 15.2. The van der Waals surface area contributed by atoms with Crippen LogP contribution in [0.4, 0.5) is 0 Å². The van der Waals surface area contributed by atoms with Crippen LogP contribution in [0.5, 0.6) is 0 Å². The van der Waals surface area contributed by atoms with Gasteiger partial charge in [-0.15, -0.1) is 0 Å². The summed E-state index contributed by atoms with van der Waals surface area (Å²) in [5.74, 6) is -0.414. The van der Waals surface area contributed by atoms with Gasteiger partial charge >= 0.3 is 11.9 Å². The van der Waals surface area contributed by atoms with E-state index in [1.54, 1.807) is 38.1 Å². The van der Waals surface area contributed by atoms with Crippen molar-refractivity contribution < 1.29 is 23.8 Å². The first-order chi connectivity index (χ1) is 19.6. The molecule has 0 unspecified atom stereocenters. The molecule has 10 heteroatoms. The predicted octanol–water partition coefficient (Wildman–Crippen LogP) is 5.53. The number of halogens is 1. The van der Waals surface area contributed by atoms with Crippen molar-refractivity contribution in [2.45, 2.75) is 39.7 Å². The summed E-state index contributed by atoms with van der Waals surface area (Å²) in [7, 11) is 0. The highest BCUT2D eigenvalue weighted by molar-refractivity contribution is 7.07. The number of aromatic carboxylic acids is 1. The average molecular weight is 591 g/mol. The van der Waals surface area contributed by atoms with Gasteiger partial charge in [-0.25, -0.2) is 14.6 Å².